The highest BCUT2D eigenvalue weighted by atomic mass is 32.1. The smallest absolute Gasteiger partial charge is 0.324 e. The molecule has 0 radical (unpaired) electrons. The van der Waals surface area contributed by atoms with Crippen LogP contribution in [0.4, 0.5) is 14.9 Å². The fourth-order valence-corrected chi connectivity index (χ4v) is 2.99. The van der Waals surface area contributed by atoms with Gasteiger partial charge in [0.1, 0.15) is 12.4 Å². The molecule has 9 heteroatoms. The fourth-order valence-electron chi connectivity index (χ4n) is 2.30. The molecule has 128 valence electrons. The van der Waals surface area contributed by atoms with Crippen molar-refractivity contribution in [2.24, 2.45) is 0 Å². The van der Waals surface area contributed by atoms with Gasteiger partial charge in [0.15, 0.2) is 0 Å². The highest BCUT2D eigenvalue weighted by molar-refractivity contribution is 7.09. The van der Waals surface area contributed by atoms with Crippen LogP contribution in [-0.4, -0.2) is 40.1 Å². The summed E-state index contributed by atoms with van der Waals surface area (Å²) in [6, 6.07) is 7.82. The van der Waals surface area contributed by atoms with Gasteiger partial charge in [-0.05, 0) is 29.6 Å². The summed E-state index contributed by atoms with van der Waals surface area (Å²) in [7, 11) is 0. The molecule has 1 aliphatic rings. The Morgan fingerprint density at radius 2 is 1.84 bits per heavy atom. The van der Waals surface area contributed by atoms with E-state index < -0.39 is 36.1 Å². The summed E-state index contributed by atoms with van der Waals surface area (Å²) in [6.45, 7) is -0.649. The second-order valence-electron chi connectivity index (χ2n) is 5.20. The molecule has 1 fully saturated rings. The first-order valence-corrected chi connectivity index (χ1v) is 8.09. The Kier molecular flexibility index (Phi) is 4.57. The molecule has 0 atom stereocenters. The molecule has 0 unspecified atom stereocenters. The van der Waals surface area contributed by atoms with Crippen LogP contribution in [0.15, 0.2) is 41.8 Å². The third kappa shape index (κ3) is 3.56. The van der Waals surface area contributed by atoms with Gasteiger partial charge in [0, 0.05) is 10.6 Å². The minimum absolute atomic E-state index is 0.0247. The van der Waals surface area contributed by atoms with Crippen molar-refractivity contribution in [1.82, 2.24) is 9.80 Å². The van der Waals surface area contributed by atoms with Crippen molar-refractivity contribution >= 4 is 40.8 Å². The maximum Gasteiger partial charge on any atom is 0.335 e. The normalized spacial score (nSPS) is 14.4. The number of halogens is 1. The van der Waals surface area contributed by atoms with Gasteiger partial charge in [0.05, 0.1) is 6.54 Å². The zero-order valence-electron chi connectivity index (χ0n) is 12.8. The summed E-state index contributed by atoms with van der Waals surface area (Å²) in [5, 5.41) is 4.16. The van der Waals surface area contributed by atoms with E-state index in [9.17, 15) is 23.6 Å². The van der Waals surface area contributed by atoms with E-state index in [0.29, 0.717) is 4.90 Å². The number of rotatable bonds is 5. The summed E-state index contributed by atoms with van der Waals surface area (Å²) in [6.07, 6.45) is 0. The van der Waals surface area contributed by atoms with Crippen molar-refractivity contribution in [2.75, 3.05) is 11.9 Å². The Hall–Kier alpha value is -3.07. The van der Waals surface area contributed by atoms with E-state index in [1.807, 2.05) is 0 Å². The van der Waals surface area contributed by atoms with Crippen LogP contribution in [0.3, 0.4) is 0 Å². The maximum atomic E-state index is 13.1. The summed E-state index contributed by atoms with van der Waals surface area (Å²) in [5.41, 5.74) is 0.186. The number of carbonyl (C=O) groups is 4. The SMILES string of the molecule is O=C(CN1C(=O)C(=O)N(Cc2cccs2)C1=O)Nc1cccc(F)c1. The first kappa shape index (κ1) is 16.8. The molecule has 25 heavy (non-hydrogen) atoms. The molecule has 0 bridgehead atoms. The molecule has 0 spiro atoms. The summed E-state index contributed by atoms with van der Waals surface area (Å²) < 4.78 is 13.1. The third-order valence-corrected chi connectivity index (χ3v) is 4.30. The lowest BCUT2D eigenvalue weighted by Gasteiger charge is -2.14. The molecule has 1 N–H and O–H groups in total. The standard InChI is InChI=1S/C16H12FN3O4S/c17-10-3-1-4-11(7-10)18-13(21)9-20-15(23)14(22)19(16(20)24)8-12-5-2-6-25-12/h1-7H,8-9H2,(H,18,21). The van der Waals surface area contributed by atoms with E-state index in [1.165, 1.54) is 29.5 Å². The second kappa shape index (κ2) is 6.81. The topological polar surface area (TPSA) is 86.8 Å². The van der Waals surface area contributed by atoms with Crippen LogP contribution in [0.5, 0.6) is 0 Å². The molecule has 0 aliphatic carbocycles. The van der Waals surface area contributed by atoms with Crippen LogP contribution in [-0.2, 0) is 20.9 Å². The predicted molar refractivity (Wildman–Crippen MR) is 87.0 cm³/mol. The lowest BCUT2D eigenvalue weighted by atomic mass is 10.3. The second-order valence-corrected chi connectivity index (χ2v) is 6.24. The summed E-state index contributed by atoms with van der Waals surface area (Å²) in [4.78, 5) is 50.3. The molecule has 1 saturated heterocycles. The van der Waals surface area contributed by atoms with Crippen LogP contribution >= 0.6 is 11.3 Å². The molecule has 2 aromatic rings. The van der Waals surface area contributed by atoms with Crippen molar-refractivity contribution in [3.63, 3.8) is 0 Å². The zero-order valence-corrected chi connectivity index (χ0v) is 13.6. The highest BCUT2D eigenvalue weighted by Gasteiger charge is 2.45. The van der Waals surface area contributed by atoms with Gasteiger partial charge in [-0.15, -0.1) is 11.3 Å². The minimum atomic E-state index is -1.06. The van der Waals surface area contributed by atoms with Crippen LogP contribution in [0.25, 0.3) is 0 Å². The van der Waals surface area contributed by atoms with Gasteiger partial charge in [0.2, 0.25) is 5.91 Å². The molecule has 0 saturated carbocycles. The third-order valence-electron chi connectivity index (χ3n) is 3.44. The predicted octanol–water partition coefficient (Wildman–Crippen LogP) is 1.82. The quantitative estimate of drug-likeness (QED) is 0.650. The molecule has 2 heterocycles. The zero-order chi connectivity index (χ0) is 18.0. The van der Waals surface area contributed by atoms with Crippen molar-refractivity contribution in [3.05, 3.63) is 52.5 Å². The van der Waals surface area contributed by atoms with E-state index in [-0.39, 0.29) is 12.2 Å². The van der Waals surface area contributed by atoms with Crippen molar-refractivity contribution < 1.29 is 23.6 Å². The Morgan fingerprint density at radius 3 is 2.52 bits per heavy atom. The van der Waals surface area contributed by atoms with Crippen molar-refractivity contribution in [2.45, 2.75) is 6.54 Å². The van der Waals surface area contributed by atoms with Crippen LogP contribution in [0.1, 0.15) is 4.88 Å². The number of carbonyl (C=O) groups excluding carboxylic acids is 4. The van der Waals surface area contributed by atoms with Gasteiger partial charge >= 0.3 is 17.8 Å². The Bertz CT molecular complexity index is 853. The average Bonchev–Trinajstić information content (AvgIpc) is 3.14. The Morgan fingerprint density at radius 1 is 1.08 bits per heavy atom. The number of hydrogen-bond acceptors (Lipinski definition) is 5. The number of anilines is 1. The molecule has 5 amide bonds. The maximum absolute atomic E-state index is 13.1. The number of imide groups is 2. The molecule has 1 aliphatic heterocycles. The average molecular weight is 361 g/mol. The monoisotopic (exact) mass is 361 g/mol. The van der Waals surface area contributed by atoms with Gasteiger partial charge in [-0.2, -0.15) is 0 Å². The number of urea groups is 1. The first-order chi connectivity index (χ1) is 12.0. The van der Waals surface area contributed by atoms with Gasteiger partial charge in [-0.25, -0.2) is 14.1 Å². The lowest BCUT2D eigenvalue weighted by Crippen LogP contribution is -2.38. The number of benzene rings is 1. The van der Waals surface area contributed by atoms with Gasteiger partial charge in [-0.3, -0.25) is 19.3 Å². The highest BCUT2D eigenvalue weighted by Crippen LogP contribution is 2.19. The Labute approximate surface area is 145 Å². The van der Waals surface area contributed by atoms with E-state index in [1.54, 1.807) is 17.5 Å². The number of nitrogens with one attached hydrogen (secondary N) is 1. The van der Waals surface area contributed by atoms with Crippen molar-refractivity contribution in [1.29, 1.82) is 0 Å². The number of nitrogens with zero attached hydrogens (tertiary/aromatic N) is 2. The summed E-state index contributed by atoms with van der Waals surface area (Å²) >= 11 is 1.34. The molecule has 1 aromatic heterocycles. The first-order valence-electron chi connectivity index (χ1n) is 7.21. The molecule has 3 rings (SSSR count). The van der Waals surface area contributed by atoms with Crippen LogP contribution < -0.4 is 5.32 Å². The van der Waals surface area contributed by atoms with Gasteiger partial charge < -0.3 is 5.32 Å². The van der Waals surface area contributed by atoms with E-state index in [0.717, 1.165) is 15.8 Å². The minimum Gasteiger partial charge on any atom is -0.324 e. The van der Waals surface area contributed by atoms with E-state index in [2.05, 4.69) is 5.32 Å². The summed E-state index contributed by atoms with van der Waals surface area (Å²) in [5.74, 6) is -3.28. The van der Waals surface area contributed by atoms with Crippen LogP contribution in [0.2, 0.25) is 0 Å². The largest absolute Gasteiger partial charge is 0.335 e. The number of thiophene rings is 1. The van der Waals surface area contributed by atoms with Crippen LogP contribution in [0, 0.1) is 5.82 Å². The van der Waals surface area contributed by atoms with Gasteiger partial charge in [-0.1, -0.05) is 12.1 Å². The van der Waals surface area contributed by atoms with Crippen molar-refractivity contribution in [3.8, 4) is 0 Å². The number of amides is 5. The van der Waals surface area contributed by atoms with E-state index >= 15 is 0 Å². The lowest BCUT2D eigenvalue weighted by molar-refractivity contribution is -0.143. The van der Waals surface area contributed by atoms with E-state index in [4.69, 9.17) is 0 Å². The Balaban J connectivity index is 1.67. The number of hydrogen-bond donors (Lipinski definition) is 1. The molecular weight excluding hydrogens is 349 g/mol. The molecule has 7 nitrogen and oxygen atoms in total. The van der Waals surface area contributed by atoms with Gasteiger partial charge in [0.25, 0.3) is 0 Å². The molecular formula is C16H12FN3O4S. The fraction of sp³-hybridized carbons (Fsp3) is 0.125. The molecule has 1 aromatic carbocycles.